The van der Waals surface area contributed by atoms with Crippen LogP contribution in [0.1, 0.15) is 25.7 Å². The quantitative estimate of drug-likeness (QED) is 0.731. The molecule has 0 aliphatic heterocycles. The molecule has 0 radical (unpaired) electrons. The van der Waals surface area contributed by atoms with Crippen molar-refractivity contribution in [1.29, 1.82) is 0 Å². The first kappa shape index (κ1) is 15.9. The molecule has 6 nitrogen and oxygen atoms in total. The second-order valence-electron chi connectivity index (χ2n) is 5.18. The summed E-state index contributed by atoms with van der Waals surface area (Å²) in [6, 6.07) is 6.26. The Hall–Kier alpha value is -1.44. The molecular weight excluding hydrogens is 290 g/mol. The third-order valence-electron chi connectivity index (χ3n) is 3.57. The smallest absolute Gasteiger partial charge is 0.240 e. The summed E-state index contributed by atoms with van der Waals surface area (Å²) in [5, 5.41) is 2.80. The first-order chi connectivity index (χ1) is 10.0. The van der Waals surface area contributed by atoms with Crippen molar-refractivity contribution < 1.29 is 13.2 Å². The Morgan fingerprint density at radius 2 is 2.00 bits per heavy atom. The van der Waals surface area contributed by atoms with Crippen LogP contribution < -0.4 is 15.8 Å². The average Bonchev–Trinajstić information content (AvgIpc) is 3.00. The molecule has 0 bridgehead atoms. The Morgan fingerprint density at radius 3 is 2.67 bits per heavy atom. The Labute approximate surface area is 125 Å². The van der Waals surface area contributed by atoms with Gasteiger partial charge in [-0.2, -0.15) is 0 Å². The van der Waals surface area contributed by atoms with Crippen molar-refractivity contribution in [2.24, 2.45) is 11.7 Å². The summed E-state index contributed by atoms with van der Waals surface area (Å²) >= 11 is 0. The van der Waals surface area contributed by atoms with Crippen LogP contribution in [0.2, 0.25) is 0 Å². The fourth-order valence-corrected chi connectivity index (χ4v) is 3.54. The van der Waals surface area contributed by atoms with Crippen molar-refractivity contribution in [3.63, 3.8) is 0 Å². The number of anilines is 1. The average molecular weight is 311 g/mol. The third-order valence-corrected chi connectivity index (χ3v) is 5.03. The summed E-state index contributed by atoms with van der Waals surface area (Å²) in [6.07, 6.45) is 3.97. The predicted molar refractivity (Wildman–Crippen MR) is 81.3 cm³/mol. The highest BCUT2D eigenvalue weighted by Gasteiger charge is 2.23. The molecule has 0 saturated heterocycles. The van der Waals surface area contributed by atoms with E-state index in [1.54, 1.807) is 12.1 Å². The van der Waals surface area contributed by atoms with E-state index in [-0.39, 0.29) is 29.8 Å². The molecule has 1 fully saturated rings. The molecule has 1 amide bonds. The van der Waals surface area contributed by atoms with Gasteiger partial charge in [0.2, 0.25) is 15.9 Å². The van der Waals surface area contributed by atoms with Crippen molar-refractivity contribution in [2.75, 3.05) is 18.4 Å². The van der Waals surface area contributed by atoms with E-state index in [1.165, 1.54) is 12.1 Å². The number of amides is 1. The number of hydrogen-bond acceptors (Lipinski definition) is 4. The van der Waals surface area contributed by atoms with Gasteiger partial charge in [-0.05, 0) is 31.0 Å². The molecule has 1 aromatic rings. The molecule has 0 atom stereocenters. The maximum atomic E-state index is 12.1. The number of carbonyl (C=O) groups is 1. The zero-order valence-electron chi connectivity index (χ0n) is 11.8. The fourth-order valence-electron chi connectivity index (χ4n) is 2.45. The molecule has 1 aromatic carbocycles. The zero-order valence-corrected chi connectivity index (χ0v) is 12.7. The summed E-state index contributed by atoms with van der Waals surface area (Å²) in [6.45, 7) is 0.415. The van der Waals surface area contributed by atoms with Gasteiger partial charge in [-0.3, -0.25) is 4.79 Å². The van der Waals surface area contributed by atoms with E-state index >= 15 is 0 Å². The first-order valence-electron chi connectivity index (χ1n) is 7.13. The van der Waals surface area contributed by atoms with E-state index in [2.05, 4.69) is 10.0 Å². The van der Waals surface area contributed by atoms with Crippen LogP contribution in [0.5, 0.6) is 0 Å². The monoisotopic (exact) mass is 311 g/mol. The normalized spacial score (nSPS) is 16.0. The minimum absolute atomic E-state index is 0.0306. The molecule has 1 aliphatic carbocycles. The van der Waals surface area contributed by atoms with Gasteiger partial charge in [0.25, 0.3) is 0 Å². The number of carbonyl (C=O) groups excluding carboxylic acids is 1. The summed E-state index contributed by atoms with van der Waals surface area (Å²) in [5.41, 5.74) is 5.80. The largest absolute Gasteiger partial charge is 0.329 e. The van der Waals surface area contributed by atoms with Crippen molar-refractivity contribution in [2.45, 2.75) is 30.6 Å². The lowest BCUT2D eigenvalue weighted by Gasteiger charge is -2.12. The Morgan fingerprint density at radius 1 is 1.29 bits per heavy atom. The van der Waals surface area contributed by atoms with E-state index in [0.29, 0.717) is 5.69 Å². The second-order valence-corrected chi connectivity index (χ2v) is 6.95. The Bertz CT molecular complexity index is 595. The predicted octanol–water partition coefficient (Wildman–Crippen LogP) is 1.05. The van der Waals surface area contributed by atoms with Crippen LogP contribution in [-0.2, 0) is 14.8 Å². The molecule has 116 valence electrons. The van der Waals surface area contributed by atoms with Gasteiger partial charge in [0.05, 0.1) is 4.90 Å². The second kappa shape index (κ2) is 7.02. The maximum Gasteiger partial charge on any atom is 0.240 e. The summed E-state index contributed by atoms with van der Waals surface area (Å²) < 4.78 is 26.4. The van der Waals surface area contributed by atoms with Crippen LogP contribution >= 0.6 is 0 Å². The molecule has 0 unspecified atom stereocenters. The highest BCUT2D eigenvalue weighted by molar-refractivity contribution is 7.89. The molecule has 0 spiro atoms. The summed E-state index contributed by atoms with van der Waals surface area (Å²) in [4.78, 5) is 12.2. The van der Waals surface area contributed by atoms with E-state index in [1.807, 2.05) is 0 Å². The highest BCUT2D eigenvalue weighted by Crippen LogP contribution is 2.26. The molecule has 4 N–H and O–H groups in total. The first-order valence-corrected chi connectivity index (χ1v) is 8.62. The topological polar surface area (TPSA) is 101 Å². The van der Waals surface area contributed by atoms with Crippen LogP contribution in [-0.4, -0.2) is 27.4 Å². The van der Waals surface area contributed by atoms with E-state index in [9.17, 15) is 13.2 Å². The van der Waals surface area contributed by atoms with Crippen LogP contribution in [0.4, 0.5) is 5.69 Å². The number of nitrogens with one attached hydrogen (secondary N) is 2. The molecular formula is C14H21N3O3S. The van der Waals surface area contributed by atoms with Gasteiger partial charge in [0, 0.05) is 24.7 Å². The number of sulfonamides is 1. The molecule has 0 heterocycles. The van der Waals surface area contributed by atoms with Crippen LogP contribution in [0, 0.1) is 5.92 Å². The molecule has 0 aromatic heterocycles. The highest BCUT2D eigenvalue weighted by atomic mass is 32.2. The van der Waals surface area contributed by atoms with Crippen molar-refractivity contribution in [1.82, 2.24) is 4.72 Å². The molecule has 7 heteroatoms. The lowest BCUT2D eigenvalue weighted by atomic mass is 10.1. The Balaban J connectivity index is 2.08. The van der Waals surface area contributed by atoms with Gasteiger partial charge in [-0.15, -0.1) is 0 Å². The standard InChI is InChI=1S/C14H21N3O3S/c15-8-9-16-21(19,20)13-7-3-6-12(10-13)17-14(18)11-4-1-2-5-11/h3,6-7,10-11,16H,1-2,4-5,8-9,15H2,(H,17,18). The van der Waals surface area contributed by atoms with Crippen LogP contribution in [0.15, 0.2) is 29.2 Å². The van der Waals surface area contributed by atoms with Crippen LogP contribution in [0.3, 0.4) is 0 Å². The van der Waals surface area contributed by atoms with Gasteiger partial charge in [0.1, 0.15) is 0 Å². The van der Waals surface area contributed by atoms with E-state index in [4.69, 9.17) is 5.73 Å². The van der Waals surface area contributed by atoms with Crippen molar-refractivity contribution in [3.8, 4) is 0 Å². The third kappa shape index (κ3) is 4.26. The maximum absolute atomic E-state index is 12.1. The van der Waals surface area contributed by atoms with Gasteiger partial charge in [0.15, 0.2) is 0 Å². The summed E-state index contributed by atoms with van der Waals surface area (Å²) in [7, 11) is -3.58. The SMILES string of the molecule is NCCNS(=O)(=O)c1cccc(NC(=O)C2CCCC2)c1. The van der Waals surface area contributed by atoms with Gasteiger partial charge >= 0.3 is 0 Å². The van der Waals surface area contributed by atoms with Gasteiger partial charge in [-0.25, -0.2) is 13.1 Å². The number of hydrogen-bond donors (Lipinski definition) is 3. The fraction of sp³-hybridized carbons (Fsp3) is 0.500. The molecule has 21 heavy (non-hydrogen) atoms. The lowest BCUT2D eigenvalue weighted by Crippen LogP contribution is -2.29. The van der Waals surface area contributed by atoms with Crippen LogP contribution in [0.25, 0.3) is 0 Å². The zero-order chi connectivity index (χ0) is 15.3. The van der Waals surface area contributed by atoms with Crippen molar-refractivity contribution in [3.05, 3.63) is 24.3 Å². The molecule has 1 aliphatic rings. The van der Waals surface area contributed by atoms with E-state index in [0.717, 1.165) is 25.7 Å². The van der Waals surface area contributed by atoms with Crippen molar-refractivity contribution >= 4 is 21.6 Å². The Kier molecular flexibility index (Phi) is 5.33. The molecule has 1 saturated carbocycles. The number of rotatable bonds is 6. The van der Waals surface area contributed by atoms with E-state index < -0.39 is 10.0 Å². The number of benzene rings is 1. The minimum atomic E-state index is -3.58. The molecule has 2 rings (SSSR count). The van der Waals surface area contributed by atoms with Gasteiger partial charge < -0.3 is 11.1 Å². The van der Waals surface area contributed by atoms with Gasteiger partial charge in [-0.1, -0.05) is 18.9 Å². The lowest BCUT2D eigenvalue weighted by molar-refractivity contribution is -0.119. The minimum Gasteiger partial charge on any atom is -0.329 e. The summed E-state index contributed by atoms with van der Waals surface area (Å²) in [5.74, 6) is 0.0117. The number of nitrogens with two attached hydrogens (primary N) is 1.